The first-order chi connectivity index (χ1) is 8.13. The van der Waals surface area contributed by atoms with Crippen LogP contribution in [0.4, 0.5) is 10.2 Å². The second kappa shape index (κ2) is 5.19. The molecule has 0 bridgehead atoms. The van der Waals surface area contributed by atoms with Gasteiger partial charge in [-0.15, -0.1) is 11.6 Å². The average Bonchev–Trinajstić information content (AvgIpc) is 2.33. The van der Waals surface area contributed by atoms with Crippen molar-refractivity contribution < 1.29 is 4.39 Å². The minimum absolute atomic E-state index is 0.185. The lowest BCUT2D eigenvalue weighted by atomic mass is 10.2. The molecule has 1 aliphatic heterocycles. The Bertz CT molecular complexity index is 399. The van der Waals surface area contributed by atoms with Gasteiger partial charge in [0.05, 0.1) is 5.88 Å². The summed E-state index contributed by atoms with van der Waals surface area (Å²) in [6, 6.07) is 2.04. The van der Waals surface area contributed by atoms with E-state index in [0.29, 0.717) is 17.4 Å². The highest BCUT2D eigenvalue weighted by atomic mass is 35.5. The van der Waals surface area contributed by atoms with Crippen molar-refractivity contribution in [2.45, 2.75) is 18.8 Å². The zero-order valence-corrected chi connectivity index (χ0v) is 10.9. The minimum atomic E-state index is -0.278. The van der Waals surface area contributed by atoms with Gasteiger partial charge in [-0.05, 0) is 20.0 Å². The maximum Gasteiger partial charge on any atom is 0.170 e. The Hall–Kier alpha value is -0.870. The number of hydrogen-bond donors (Lipinski definition) is 0. The standard InChI is InChI=1S/C12H17ClFN3/c1-9-8-17(6-5-16(9)2)12-11(14)10(7-13)3-4-15-12/h3-4,9H,5-8H2,1-2H3. The van der Waals surface area contributed by atoms with Crippen molar-refractivity contribution in [1.82, 2.24) is 9.88 Å². The smallest absolute Gasteiger partial charge is 0.170 e. The molecule has 1 aromatic heterocycles. The first-order valence-electron chi connectivity index (χ1n) is 5.78. The molecule has 1 unspecified atom stereocenters. The van der Waals surface area contributed by atoms with Crippen molar-refractivity contribution in [3.8, 4) is 0 Å². The molecular weight excluding hydrogens is 241 g/mol. The summed E-state index contributed by atoms with van der Waals surface area (Å²) >= 11 is 5.70. The quantitative estimate of drug-likeness (QED) is 0.757. The number of halogens is 2. The van der Waals surface area contributed by atoms with Crippen LogP contribution in [0.1, 0.15) is 12.5 Å². The van der Waals surface area contributed by atoms with Crippen LogP contribution in [-0.2, 0) is 5.88 Å². The molecule has 1 aliphatic rings. The number of likely N-dealkylation sites (N-methyl/N-ethyl adjacent to an activating group) is 1. The summed E-state index contributed by atoms with van der Waals surface area (Å²) in [6.45, 7) is 4.66. The largest absolute Gasteiger partial charge is 0.351 e. The van der Waals surface area contributed by atoms with Crippen LogP contribution < -0.4 is 4.90 Å². The fourth-order valence-corrected chi connectivity index (χ4v) is 2.24. The second-order valence-corrected chi connectivity index (χ2v) is 4.78. The third kappa shape index (κ3) is 2.53. The molecule has 0 saturated carbocycles. The lowest BCUT2D eigenvalue weighted by Gasteiger charge is -2.38. The van der Waals surface area contributed by atoms with Gasteiger partial charge in [-0.2, -0.15) is 0 Å². The lowest BCUT2D eigenvalue weighted by Crippen LogP contribution is -2.50. The number of anilines is 1. The monoisotopic (exact) mass is 257 g/mol. The fraction of sp³-hybridized carbons (Fsp3) is 0.583. The van der Waals surface area contributed by atoms with Crippen LogP contribution >= 0.6 is 11.6 Å². The van der Waals surface area contributed by atoms with Gasteiger partial charge in [-0.25, -0.2) is 9.37 Å². The summed E-state index contributed by atoms with van der Waals surface area (Å²) in [4.78, 5) is 8.40. The molecule has 0 aromatic carbocycles. The molecule has 0 N–H and O–H groups in total. The van der Waals surface area contributed by atoms with Crippen molar-refractivity contribution in [1.29, 1.82) is 0 Å². The van der Waals surface area contributed by atoms with Crippen molar-refractivity contribution >= 4 is 17.4 Å². The van der Waals surface area contributed by atoms with E-state index >= 15 is 0 Å². The molecule has 17 heavy (non-hydrogen) atoms. The summed E-state index contributed by atoms with van der Waals surface area (Å²) in [5.74, 6) is 0.340. The van der Waals surface area contributed by atoms with Gasteiger partial charge >= 0.3 is 0 Å². The number of pyridine rings is 1. The van der Waals surface area contributed by atoms with Gasteiger partial charge < -0.3 is 9.80 Å². The Morgan fingerprint density at radius 2 is 2.29 bits per heavy atom. The topological polar surface area (TPSA) is 19.4 Å². The Morgan fingerprint density at radius 1 is 1.53 bits per heavy atom. The second-order valence-electron chi connectivity index (χ2n) is 4.52. The maximum absolute atomic E-state index is 14.1. The Labute approximate surface area is 106 Å². The van der Waals surface area contributed by atoms with Gasteiger partial charge in [0.1, 0.15) is 0 Å². The highest BCUT2D eigenvalue weighted by Gasteiger charge is 2.24. The van der Waals surface area contributed by atoms with E-state index < -0.39 is 0 Å². The van der Waals surface area contributed by atoms with Crippen LogP contribution in [0, 0.1) is 5.82 Å². The summed E-state index contributed by atoms with van der Waals surface area (Å²) in [5.41, 5.74) is 0.517. The van der Waals surface area contributed by atoms with Crippen molar-refractivity contribution in [2.75, 3.05) is 31.6 Å². The average molecular weight is 258 g/mol. The molecule has 0 aliphatic carbocycles. The van der Waals surface area contributed by atoms with E-state index in [1.807, 2.05) is 4.90 Å². The van der Waals surface area contributed by atoms with Crippen molar-refractivity contribution in [2.24, 2.45) is 0 Å². The van der Waals surface area contributed by atoms with Gasteiger partial charge in [0.15, 0.2) is 11.6 Å². The highest BCUT2D eigenvalue weighted by Crippen LogP contribution is 2.22. The molecule has 1 saturated heterocycles. The molecular formula is C12H17ClFN3. The molecule has 0 spiro atoms. The molecule has 5 heteroatoms. The summed E-state index contributed by atoms with van der Waals surface area (Å²) in [6.07, 6.45) is 1.62. The number of alkyl halides is 1. The zero-order chi connectivity index (χ0) is 12.4. The maximum atomic E-state index is 14.1. The molecule has 1 atom stereocenters. The highest BCUT2D eigenvalue weighted by molar-refractivity contribution is 6.17. The third-order valence-corrected chi connectivity index (χ3v) is 3.64. The summed E-state index contributed by atoms with van der Waals surface area (Å²) in [7, 11) is 2.08. The Balaban J connectivity index is 2.23. The van der Waals surface area contributed by atoms with Crippen LogP contribution in [0.25, 0.3) is 0 Å². The first kappa shape index (κ1) is 12.6. The van der Waals surface area contributed by atoms with Gasteiger partial charge in [0.25, 0.3) is 0 Å². The van der Waals surface area contributed by atoms with E-state index in [9.17, 15) is 4.39 Å². The SMILES string of the molecule is CC1CN(c2nccc(CCl)c2F)CCN1C. The van der Waals surface area contributed by atoms with Gasteiger partial charge in [-0.1, -0.05) is 0 Å². The van der Waals surface area contributed by atoms with E-state index in [4.69, 9.17) is 11.6 Å². The normalized spacial score (nSPS) is 21.9. The van der Waals surface area contributed by atoms with Crippen LogP contribution in [0.3, 0.4) is 0 Å². The van der Waals surface area contributed by atoms with Crippen molar-refractivity contribution in [3.05, 3.63) is 23.6 Å². The van der Waals surface area contributed by atoms with E-state index in [1.54, 1.807) is 12.3 Å². The predicted octanol–water partition coefficient (Wildman–Crippen LogP) is 2.10. The number of hydrogen-bond acceptors (Lipinski definition) is 3. The number of rotatable bonds is 2. The van der Waals surface area contributed by atoms with Crippen LogP contribution in [0.5, 0.6) is 0 Å². The Morgan fingerprint density at radius 3 is 2.94 bits per heavy atom. The number of aromatic nitrogens is 1. The lowest BCUT2D eigenvalue weighted by molar-refractivity contribution is 0.232. The minimum Gasteiger partial charge on any atom is -0.351 e. The third-order valence-electron chi connectivity index (χ3n) is 3.35. The Kier molecular flexibility index (Phi) is 3.84. The molecule has 2 heterocycles. The van der Waals surface area contributed by atoms with E-state index in [1.165, 1.54) is 0 Å². The molecule has 94 valence electrons. The summed E-state index contributed by atoms with van der Waals surface area (Å²) < 4.78 is 14.1. The van der Waals surface area contributed by atoms with Gasteiger partial charge in [0.2, 0.25) is 0 Å². The van der Waals surface area contributed by atoms with Crippen LogP contribution in [0.2, 0.25) is 0 Å². The van der Waals surface area contributed by atoms with E-state index in [0.717, 1.165) is 19.6 Å². The van der Waals surface area contributed by atoms with E-state index in [-0.39, 0.29) is 11.7 Å². The molecule has 2 rings (SSSR count). The van der Waals surface area contributed by atoms with E-state index in [2.05, 4.69) is 23.9 Å². The molecule has 1 fully saturated rings. The molecule has 0 amide bonds. The van der Waals surface area contributed by atoms with Gasteiger partial charge in [-0.3, -0.25) is 0 Å². The van der Waals surface area contributed by atoms with Crippen molar-refractivity contribution in [3.63, 3.8) is 0 Å². The first-order valence-corrected chi connectivity index (χ1v) is 6.31. The van der Waals surface area contributed by atoms with Crippen LogP contribution in [-0.4, -0.2) is 42.6 Å². The summed E-state index contributed by atoms with van der Waals surface area (Å²) in [5, 5.41) is 0. The molecule has 3 nitrogen and oxygen atoms in total. The number of piperazine rings is 1. The zero-order valence-electron chi connectivity index (χ0n) is 10.2. The predicted molar refractivity (Wildman–Crippen MR) is 68.1 cm³/mol. The van der Waals surface area contributed by atoms with Gasteiger partial charge in [0, 0.05) is 37.4 Å². The number of nitrogens with zero attached hydrogens (tertiary/aromatic N) is 3. The fourth-order valence-electron chi connectivity index (χ4n) is 2.04. The molecule has 0 radical (unpaired) electrons. The van der Waals surface area contributed by atoms with Crippen LogP contribution in [0.15, 0.2) is 12.3 Å². The molecule has 1 aromatic rings.